The molecule has 1 heterocycles. The molecule has 0 aliphatic rings. The fourth-order valence-corrected chi connectivity index (χ4v) is 1.33. The predicted octanol–water partition coefficient (Wildman–Crippen LogP) is 1.39. The highest BCUT2D eigenvalue weighted by Crippen LogP contribution is 2.18. The van der Waals surface area contributed by atoms with Crippen molar-refractivity contribution >= 4 is 0 Å². The van der Waals surface area contributed by atoms with Crippen LogP contribution in [0.25, 0.3) is 11.3 Å². The van der Waals surface area contributed by atoms with Crippen LogP contribution in [-0.4, -0.2) is 12.2 Å². The lowest BCUT2D eigenvalue weighted by molar-refractivity contribution is -0.658. The number of hydrogen-bond acceptors (Lipinski definition) is 3. The molecular weight excluding hydrogens is 192 g/mol. The van der Waals surface area contributed by atoms with Crippen LogP contribution in [0.4, 0.5) is 0 Å². The largest absolute Gasteiger partial charge is 0.594 e. The highest BCUT2D eigenvalue weighted by atomic mass is 16.5. The van der Waals surface area contributed by atoms with Gasteiger partial charge in [0, 0.05) is 11.2 Å². The lowest BCUT2D eigenvalue weighted by atomic mass is 10.1. The first-order valence-electron chi connectivity index (χ1n) is 4.50. The second-order valence-corrected chi connectivity index (χ2v) is 3.01. The van der Waals surface area contributed by atoms with E-state index in [0.717, 1.165) is 11.3 Å². The van der Waals surface area contributed by atoms with Gasteiger partial charge in [-0.05, 0) is 30.3 Å². The third kappa shape index (κ3) is 1.88. The molecule has 0 saturated carbocycles. The number of methoxy groups -OCH3 is 1. The first-order valence-corrected chi connectivity index (χ1v) is 4.50. The minimum atomic E-state index is 0.528. The van der Waals surface area contributed by atoms with Crippen LogP contribution >= 0.6 is 0 Å². The summed E-state index contributed by atoms with van der Waals surface area (Å²) in [5.41, 5.74) is 1.35. The molecular formula is C11H10N2O2. The van der Waals surface area contributed by atoms with Gasteiger partial charge in [0.25, 0.3) is 5.69 Å². The molecule has 0 unspecified atom stereocenters. The van der Waals surface area contributed by atoms with E-state index in [4.69, 9.17) is 4.74 Å². The number of rotatable bonds is 2. The van der Waals surface area contributed by atoms with Gasteiger partial charge in [-0.25, -0.2) is 0 Å². The smallest absolute Gasteiger partial charge is 0.252 e. The second kappa shape index (κ2) is 3.96. The molecule has 2 rings (SSSR count). The molecule has 0 radical (unpaired) electrons. The Morgan fingerprint density at radius 3 is 2.53 bits per heavy atom. The molecule has 4 heteroatoms. The van der Waals surface area contributed by atoms with Gasteiger partial charge in [0.05, 0.1) is 18.9 Å². The second-order valence-electron chi connectivity index (χ2n) is 3.01. The minimum absolute atomic E-state index is 0.528. The van der Waals surface area contributed by atoms with E-state index in [1.54, 1.807) is 19.2 Å². The van der Waals surface area contributed by atoms with Crippen LogP contribution in [0.5, 0.6) is 5.75 Å². The maximum absolute atomic E-state index is 11.3. The maximum atomic E-state index is 11.3. The molecule has 0 saturated heterocycles. The third-order valence-electron chi connectivity index (χ3n) is 2.10. The van der Waals surface area contributed by atoms with Crippen LogP contribution in [-0.2, 0) is 0 Å². The number of ether oxygens (including phenoxy) is 1. The van der Waals surface area contributed by atoms with E-state index < -0.39 is 0 Å². The zero-order valence-electron chi connectivity index (χ0n) is 8.25. The fourth-order valence-electron chi connectivity index (χ4n) is 1.33. The van der Waals surface area contributed by atoms with Crippen LogP contribution in [0.3, 0.4) is 0 Å². The summed E-state index contributed by atoms with van der Waals surface area (Å²) in [5.74, 6) is 0.764. The van der Waals surface area contributed by atoms with E-state index in [2.05, 4.69) is 5.10 Å². The van der Waals surface area contributed by atoms with Crippen molar-refractivity contribution < 1.29 is 9.58 Å². The van der Waals surface area contributed by atoms with Crippen molar-refractivity contribution in [3.63, 3.8) is 0 Å². The maximum Gasteiger partial charge on any atom is 0.252 e. The number of benzene rings is 1. The molecule has 0 aliphatic heterocycles. The number of nitrogens with zero attached hydrogens (tertiary/aromatic N) is 2. The average molecular weight is 202 g/mol. The van der Waals surface area contributed by atoms with E-state index in [1.165, 1.54) is 6.20 Å². The molecule has 76 valence electrons. The van der Waals surface area contributed by atoms with Gasteiger partial charge in [-0.2, -0.15) is 0 Å². The van der Waals surface area contributed by atoms with Gasteiger partial charge in [0.15, 0.2) is 0 Å². The Morgan fingerprint density at radius 1 is 1.20 bits per heavy atom. The summed E-state index contributed by atoms with van der Waals surface area (Å²) in [5, 5.41) is 15.0. The molecule has 0 spiro atoms. The minimum Gasteiger partial charge on any atom is -0.594 e. The van der Waals surface area contributed by atoms with Gasteiger partial charge < -0.3 is 9.94 Å². The highest BCUT2D eigenvalue weighted by molar-refractivity contribution is 5.56. The average Bonchev–Trinajstić information content (AvgIpc) is 2.30. The Labute approximate surface area is 87.3 Å². The van der Waals surface area contributed by atoms with E-state index in [1.807, 2.05) is 24.3 Å². The van der Waals surface area contributed by atoms with Gasteiger partial charge in [-0.15, -0.1) is 0 Å². The Hall–Kier alpha value is -2.10. The number of aromatic nitrogens is 2. The summed E-state index contributed by atoms with van der Waals surface area (Å²) in [4.78, 5) is 0.599. The summed E-state index contributed by atoms with van der Waals surface area (Å²) in [6.07, 6.45) is 1.46. The summed E-state index contributed by atoms with van der Waals surface area (Å²) in [7, 11) is 1.60. The van der Waals surface area contributed by atoms with Crippen molar-refractivity contribution in [1.82, 2.24) is 5.10 Å². The van der Waals surface area contributed by atoms with E-state index >= 15 is 0 Å². The molecule has 0 aliphatic carbocycles. The van der Waals surface area contributed by atoms with Gasteiger partial charge in [0.2, 0.25) is 0 Å². The quantitative estimate of drug-likeness (QED) is 0.546. The third-order valence-corrected chi connectivity index (χ3v) is 2.10. The van der Waals surface area contributed by atoms with Crippen molar-refractivity contribution in [2.75, 3.05) is 7.11 Å². The Balaban J connectivity index is 2.42. The standard InChI is InChI=1S/C11H10N2O2/c1-15-10-6-4-9(5-7-10)11-3-2-8-12-13(11)14/h2-8H,1H3. The Kier molecular flexibility index (Phi) is 2.49. The lowest BCUT2D eigenvalue weighted by Crippen LogP contribution is -2.33. The molecule has 1 aromatic heterocycles. The zero-order chi connectivity index (χ0) is 10.7. The normalized spacial score (nSPS) is 9.93. The molecule has 2 aromatic rings. The van der Waals surface area contributed by atoms with Crippen LogP contribution in [0.2, 0.25) is 0 Å². The van der Waals surface area contributed by atoms with E-state index in [0.29, 0.717) is 10.5 Å². The molecule has 0 fully saturated rings. The van der Waals surface area contributed by atoms with Gasteiger partial charge in [0.1, 0.15) is 5.75 Å². The summed E-state index contributed by atoms with van der Waals surface area (Å²) >= 11 is 0. The lowest BCUT2D eigenvalue weighted by Gasteiger charge is -2.02. The van der Waals surface area contributed by atoms with Crippen LogP contribution in [0.1, 0.15) is 0 Å². The fraction of sp³-hybridized carbons (Fsp3) is 0.0909. The Bertz CT molecular complexity index is 454. The summed E-state index contributed by atoms with van der Waals surface area (Å²) in [6.45, 7) is 0. The molecule has 1 aromatic carbocycles. The van der Waals surface area contributed by atoms with Gasteiger partial charge in [-0.1, -0.05) is 4.85 Å². The first-order chi connectivity index (χ1) is 7.31. The number of hydrogen-bond donors (Lipinski definition) is 0. The summed E-state index contributed by atoms with van der Waals surface area (Å²) < 4.78 is 5.03. The molecule has 0 N–H and O–H groups in total. The summed E-state index contributed by atoms with van der Waals surface area (Å²) in [6, 6.07) is 10.7. The van der Waals surface area contributed by atoms with Crippen molar-refractivity contribution in [2.45, 2.75) is 0 Å². The highest BCUT2D eigenvalue weighted by Gasteiger charge is 2.08. The first kappa shape index (κ1) is 9.45. The monoisotopic (exact) mass is 202 g/mol. The van der Waals surface area contributed by atoms with Gasteiger partial charge >= 0.3 is 0 Å². The van der Waals surface area contributed by atoms with Gasteiger partial charge in [-0.3, -0.25) is 0 Å². The van der Waals surface area contributed by atoms with Crippen LogP contribution < -0.4 is 9.58 Å². The van der Waals surface area contributed by atoms with Crippen molar-refractivity contribution in [3.05, 3.63) is 47.8 Å². The van der Waals surface area contributed by atoms with Crippen molar-refractivity contribution in [2.24, 2.45) is 0 Å². The van der Waals surface area contributed by atoms with Crippen LogP contribution in [0.15, 0.2) is 42.6 Å². The molecule has 4 nitrogen and oxygen atoms in total. The molecule has 0 atom stereocenters. The molecule has 15 heavy (non-hydrogen) atoms. The SMILES string of the molecule is COc1ccc(-c2cccn[n+]2[O-])cc1. The van der Waals surface area contributed by atoms with E-state index in [9.17, 15) is 5.21 Å². The predicted molar refractivity (Wildman–Crippen MR) is 55.2 cm³/mol. The van der Waals surface area contributed by atoms with Crippen molar-refractivity contribution in [3.8, 4) is 17.0 Å². The topological polar surface area (TPSA) is 49.1 Å². The van der Waals surface area contributed by atoms with E-state index in [-0.39, 0.29) is 0 Å². The Morgan fingerprint density at radius 2 is 1.93 bits per heavy atom. The molecule has 0 bridgehead atoms. The molecule has 0 amide bonds. The van der Waals surface area contributed by atoms with Crippen molar-refractivity contribution in [1.29, 1.82) is 0 Å². The zero-order valence-corrected chi connectivity index (χ0v) is 8.25. The van der Waals surface area contributed by atoms with Crippen LogP contribution in [0, 0.1) is 5.21 Å².